The molecule has 0 saturated carbocycles. The van der Waals surface area contributed by atoms with E-state index in [0.29, 0.717) is 0 Å². The number of hydrogen-bond donors (Lipinski definition) is 0. The molecule has 0 spiro atoms. The number of benzene rings is 4. The molecule has 0 nitrogen and oxygen atoms in total. The molecule has 30 heavy (non-hydrogen) atoms. The predicted molar refractivity (Wildman–Crippen MR) is 124 cm³/mol. The average Bonchev–Trinajstić information content (AvgIpc) is 2.80. The first-order chi connectivity index (χ1) is 14.7. The highest BCUT2D eigenvalue weighted by Gasteiger charge is 2.15. The van der Waals surface area contributed by atoms with Gasteiger partial charge in [0, 0.05) is 19.6 Å². The van der Waals surface area contributed by atoms with Crippen molar-refractivity contribution in [1.82, 2.24) is 0 Å². The van der Waals surface area contributed by atoms with E-state index in [0.717, 1.165) is 30.7 Å². The summed E-state index contributed by atoms with van der Waals surface area (Å²) in [7, 11) is 0. The molecule has 0 amide bonds. The average molecular weight is 433 g/mol. The SMILES string of the molecule is Fc1ccc(S/C(=C(/Sc2ccc(F)cc2)c2ccccc2)c2ccccc2)cc1. The first-order valence-electron chi connectivity index (χ1n) is 9.41. The third kappa shape index (κ3) is 5.21. The standard InChI is InChI=1S/C26H18F2S2/c27-21-11-15-23(16-12-21)29-25(19-7-3-1-4-8-19)26(20-9-5-2-6-10-20)30-24-17-13-22(28)14-18-24/h1-18H/b26-25+. The summed E-state index contributed by atoms with van der Waals surface area (Å²) in [6.45, 7) is 0. The van der Waals surface area contributed by atoms with E-state index in [1.165, 1.54) is 24.3 Å². The van der Waals surface area contributed by atoms with Crippen LogP contribution in [0.15, 0.2) is 119 Å². The van der Waals surface area contributed by atoms with Crippen LogP contribution in [-0.2, 0) is 0 Å². The van der Waals surface area contributed by atoms with Gasteiger partial charge in [0.15, 0.2) is 0 Å². The van der Waals surface area contributed by atoms with Crippen LogP contribution < -0.4 is 0 Å². The minimum atomic E-state index is -0.256. The van der Waals surface area contributed by atoms with Gasteiger partial charge in [-0.25, -0.2) is 8.78 Å². The van der Waals surface area contributed by atoms with Gasteiger partial charge >= 0.3 is 0 Å². The Balaban J connectivity index is 1.86. The Kier molecular flexibility index (Phi) is 6.67. The first-order valence-corrected chi connectivity index (χ1v) is 11.0. The van der Waals surface area contributed by atoms with Crippen LogP contribution in [0.25, 0.3) is 9.81 Å². The normalized spacial score (nSPS) is 11.8. The highest BCUT2D eigenvalue weighted by atomic mass is 32.2. The van der Waals surface area contributed by atoms with Gasteiger partial charge in [-0.05, 0) is 59.7 Å². The maximum Gasteiger partial charge on any atom is 0.123 e. The minimum Gasteiger partial charge on any atom is -0.207 e. The topological polar surface area (TPSA) is 0 Å². The lowest BCUT2D eigenvalue weighted by atomic mass is 10.1. The van der Waals surface area contributed by atoms with Gasteiger partial charge in [0.05, 0.1) is 0 Å². The van der Waals surface area contributed by atoms with Gasteiger partial charge in [0.1, 0.15) is 11.6 Å². The van der Waals surface area contributed by atoms with Crippen LogP contribution in [0.4, 0.5) is 8.78 Å². The Morgan fingerprint density at radius 2 is 0.767 bits per heavy atom. The zero-order chi connectivity index (χ0) is 20.8. The Hall–Kier alpha value is -2.82. The number of halogens is 2. The van der Waals surface area contributed by atoms with E-state index in [2.05, 4.69) is 24.3 Å². The lowest BCUT2D eigenvalue weighted by Crippen LogP contribution is -1.89. The molecule has 0 aliphatic rings. The molecule has 0 aromatic heterocycles. The highest BCUT2D eigenvalue weighted by molar-refractivity contribution is 8.13. The Labute approximate surface area is 183 Å². The fraction of sp³-hybridized carbons (Fsp3) is 0. The summed E-state index contributed by atoms with van der Waals surface area (Å²) < 4.78 is 26.9. The van der Waals surface area contributed by atoms with Gasteiger partial charge in [0.25, 0.3) is 0 Å². The van der Waals surface area contributed by atoms with Gasteiger partial charge in [-0.15, -0.1) is 0 Å². The largest absolute Gasteiger partial charge is 0.207 e. The second-order valence-corrected chi connectivity index (χ2v) is 8.67. The summed E-state index contributed by atoms with van der Waals surface area (Å²) >= 11 is 3.19. The second kappa shape index (κ2) is 9.79. The van der Waals surface area contributed by atoms with Crippen molar-refractivity contribution in [2.24, 2.45) is 0 Å². The summed E-state index contributed by atoms with van der Waals surface area (Å²) in [6.07, 6.45) is 0. The monoisotopic (exact) mass is 432 g/mol. The molecule has 0 N–H and O–H groups in total. The van der Waals surface area contributed by atoms with Gasteiger partial charge in [-0.2, -0.15) is 0 Å². The Bertz CT molecular complexity index is 1030. The number of rotatable bonds is 6. The smallest absolute Gasteiger partial charge is 0.123 e. The van der Waals surface area contributed by atoms with E-state index in [4.69, 9.17) is 0 Å². The third-order valence-electron chi connectivity index (χ3n) is 4.35. The summed E-state index contributed by atoms with van der Waals surface area (Å²) in [5, 5.41) is 0. The van der Waals surface area contributed by atoms with Crippen molar-refractivity contribution < 1.29 is 8.78 Å². The molecular formula is C26H18F2S2. The van der Waals surface area contributed by atoms with Crippen LogP contribution >= 0.6 is 23.5 Å². The van der Waals surface area contributed by atoms with Crippen molar-refractivity contribution in [2.45, 2.75) is 9.79 Å². The first kappa shape index (κ1) is 20.5. The van der Waals surface area contributed by atoms with Gasteiger partial charge in [0.2, 0.25) is 0 Å². The van der Waals surface area contributed by atoms with Gasteiger partial charge < -0.3 is 0 Å². The van der Waals surface area contributed by atoms with E-state index >= 15 is 0 Å². The third-order valence-corrected chi connectivity index (χ3v) is 6.78. The van der Waals surface area contributed by atoms with Crippen molar-refractivity contribution in [3.8, 4) is 0 Å². The summed E-state index contributed by atoms with van der Waals surface area (Å²) in [5.74, 6) is -0.512. The zero-order valence-corrected chi connectivity index (χ0v) is 17.6. The molecule has 0 fully saturated rings. The van der Waals surface area contributed by atoms with Crippen molar-refractivity contribution in [1.29, 1.82) is 0 Å². The van der Waals surface area contributed by atoms with E-state index in [1.807, 2.05) is 36.4 Å². The van der Waals surface area contributed by atoms with Crippen LogP contribution in [0, 0.1) is 11.6 Å². The van der Waals surface area contributed by atoms with Gasteiger partial charge in [-0.1, -0.05) is 84.2 Å². The van der Waals surface area contributed by atoms with Crippen molar-refractivity contribution in [2.75, 3.05) is 0 Å². The molecule has 148 valence electrons. The van der Waals surface area contributed by atoms with Crippen LogP contribution in [0.3, 0.4) is 0 Å². The fourth-order valence-electron chi connectivity index (χ4n) is 2.89. The Morgan fingerprint density at radius 3 is 1.10 bits per heavy atom. The molecule has 0 radical (unpaired) electrons. The molecule has 0 aliphatic heterocycles. The maximum atomic E-state index is 13.4. The van der Waals surface area contributed by atoms with E-state index in [9.17, 15) is 8.78 Å². The number of thioether (sulfide) groups is 2. The minimum absolute atomic E-state index is 0.256. The summed E-state index contributed by atoms with van der Waals surface area (Å²) in [5.41, 5.74) is 2.14. The molecule has 0 saturated heterocycles. The highest BCUT2D eigenvalue weighted by Crippen LogP contribution is 2.47. The Morgan fingerprint density at radius 1 is 0.433 bits per heavy atom. The zero-order valence-electron chi connectivity index (χ0n) is 16.0. The predicted octanol–water partition coefficient (Wildman–Crippen LogP) is 8.38. The van der Waals surface area contributed by atoms with E-state index < -0.39 is 0 Å². The molecule has 0 heterocycles. The molecule has 0 aliphatic carbocycles. The lowest BCUT2D eigenvalue weighted by molar-refractivity contribution is 0.626. The van der Waals surface area contributed by atoms with Crippen molar-refractivity contribution >= 4 is 33.3 Å². The van der Waals surface area contributed by atoms with Crippen molar-refractivity contribution in [3.63, 3.8) is 0 Å². The lowest BCUT2D eigenvalue weighted by Gasteiger charge is -2.16. The van der Waals surface area contributed by atoms with Crippen LogP contribution in [-0.4, -0.2) is 0 Å². The number of hydrogen-bond acceptors (Lipinski definition) is 2. The van der Waals surface area contributed by atoms with Crippen LogP contribution in [0.2, 0.25) is 0 Å². The molecule has 4 heteroatoms. The molecule has 0 unspecified atom stereocenters. The summed E-state index contributed by atoms with van der Waals surface area (Å²) in [6, 6.07) is 33.3. The molecular weight excluding hydrogens is 414 g/mol. The van der Waals surface area contributed by atoms with E-state index in [-0.39, 0.29) is 11.6 Å². The molecule has 0 atom stereocenters. The van der Waals surface area contributed by atoms with Gasteiger partial charge in [-0.3, -0.25) is 0 Å². The maximum absolute atomic E-state index is 13.4. The van der Waals surface area contributed by atoms with Crippen molar-refractivity contribution in [3.05, 3.63) is 132 Å². The molecule has 4 aromatic carbocycles. The van der Waals surface area contributed by atoms with Crippen LogP contribution in [0.5, 0.6) is 0 Å². The summed E-state index contributed by atoms with van der Waals surface area (Å²) in [4.78, 5) is 4.01. The molecule has 4 aromatic rings. The molecule has 4 rings (SSSR count). The van der Waals surface area contributed by atoms with E-state index in [1.54, 1.807) is 47.8 Å². The molecule has 0 bridgehead atoms. The quantitative estimate of drug-likeness (QED) is 0.222. The second-order valence-electron chi connectivity index (χ2n) is 6.50. The van der Waals surface area contributed by atoms with Crippen LogP contribution in [0.1, 0.15) is 11.1 Å². The fourth-order valence-corrected chi connectivity index (χ4v) is 5.09.